The number of ether oxygens (including phenoxy) is 2. The summed E-state index contributed by atoms with van der Waals surface area (Å²) in [5, 5.41) is 92.1. The van der Waals surface area contributed by atoms with Crippen LogP contribution in [0.15, 0.2) is 66.7 Å². The van der Waals surface area contributed by atoms with E-state index in [0.29, 0.717) is 17.5 Å². The number of nitrogens with two attached hydrogens (primary N) is 1. The molecule has 0 radical (unpaired) electrons. The van der Waals surface area contributed by atoms with Gasteiger partial charge in [-0.1, -0.05) is 68.7 Å². The van der Waals surface area contributed by atoms with Gasteiger partial charge in [0, 0.05) is 90.0 Å². The van der Waals surface area contributed by atoms with Gasteiger partial charge in [0.1, 0.15) is 30.2 Å². The minimum Gasteiger partial charge on any atom is -0.504 e. The molecule has 6 amide bonds. The second-order valence-electron chi connectivity index (χ2n) is 26.1. The van der Waals surface area contributed by atoms with Gasteiger partial charge in [0.15, 0.2) is 11.5 Å². The Hall–Kier alpha value is -6.52. The molecule has 25 nitrogen and oxygen atoms in total. The Morgan fingerprint density at radius 1 is 0.692 bits per heavy atom. The SMILES string of the molecule is COc1cc(C[C@@H](O)[C@@H]2NC(=O)[C@@H]3C[C@@H](O)CN3C(=O)[C@H]([C@@H](C)O)NC(=O)[C@@H](NCc3ccc(-c4ccc(N5CCN(C6CCC(OC)(C7CCCCC7)CC6)CC5)cc4)cc3)C[C@@H](O)CNC(=O)[C@@H]3[C@@H](O)[C@@H](C)CN3C(=O)[C@H]([C@H](O)CCN)NC2=O)ccc1O. The van der Waals surface area contributed by atoms with E-state index in [1.165, 1.54) is 77.2 Å². The molecule has 25 heteroatoms. The first-order chi connectivity index (χ1) is 43.6. The molecule has 2 saturated carbocycles. The van der Waals surface area contributed by atoms with Crippen molar-refractivity contribution >= 4 is 41.1 Å². The highest BCUT2D eigenvalue weighted by Gasteiger charge is 2.50. The number of carbonyl (C=O) groups excluding carboxylic acids is 6. The molecular weight excluding hydrogens is 1170 g/mol. The van der Waals surface area contributed by atoms with E-state index in [2.05, 4.69) is 60.6 Å². The fourth-order valence-corrected chi connectivity index (χ4v) is 14.6. The zero-order chi connectivity index (χ0) is 65.3. The third-order valence-electron chi connectivity index (χ3n) is 20.1. The van der Waals surface area contributed by atoms with Gasteiger partial charge in [-0.2, -0.15) is 0 Å². The molecule has 0 spiro atoms. The van der Waals surface area contributed by atoms with E-state index in [4.69, 9.17) is 15.2 Å². The molecule has 13 atom stereocenters. The van der Waals surface area contributed by atoms with Gasteiger partial charge >= 0.3 is 0 Å². The molecule has 0 unspecified atom stereocenters. The number of β-amino-alcohol motifs (C(OH)–C–C–N with tert-alkyl or cyclic N) is 1. The maximum atomic E-state index is 14.7. The van der Waals surface area contributed by atoms with Crippen LogP contribution in [0.3, 0.4) is 0 Å². The summed E-state index contributed by atoms with van der Waals surface area (Å²) < 4.78 is 11.5. The van der Waals surface area contributed by atoms with Crippen LogP contribution in [0.4, 0.5) is 5.69 Å². The number of nitrogens with zero attached hydrogens (tertiary/aromatic N) is 4. The Bertz CT molecular complexity index is 2960. The Labute approximate surface area is 532 Å². The summed E-state index contributed by atoms with van der Waals surface area (Å²) in [6.07, 6.45) is 0.367. The normalized spacial score (nSPS) is 30.9. The fourth-order valence-electron chi connectivity index (χ4n) is 14.6. The number of piperazine rings is 1. The van der Waals surface area contributed by atoms with Crippen molar-refractivity contribution in [1.82, 2.24) is 41.3 Å². The second kappa shape index (κ2) is 30.9. The van der Waals surface area contributed by atoms with Crippen molar-refractivity contribution in [3.63, 3.8) is 0 Å². The lowest BCUT2D eigenvalue weighted by Crippen LogP contribution is -2.64. The first kappa shape index (κ1) is 68.8. The topological polar surface area (TPSA) is 362 Å². The highest BCUT2D eigenvalue weighted by atomic mass is 16.5. The molecule has 4 aliphatic heterocycles. The molecule has 2 aliphatic carbocycles. The number of rotatable bonds is 16. The van der Waals surface area contributed by atoms with E-state index in [9.17, 15) is 64.5 Å². The highest BCUT2D eigenvalue weighted by Crippen LogP contribution is 2.45. The van der Waals surface area contributed by atoms with E-state index in [1.54, 1.807) is 6.92 Å². The smallest absolute Gasteiger partial charge is 0.248 e. The molecule has 6 aliphatic rings. The van der Waals surface area contributed by atoms with E-state index >= 15 is 0 Å². The lowest BCUT2D eigenvalue weighted by Gasteiger charge is -2.49. The predicted molar refractivity (Wildman–Crippen MR) is 337 cm³/mol. The average Bonchev–Trinajstić information content (AvgIpc) is 1.85. The van der Waals surface area contributed by atoms with Crippen molar-refractivity contribution in [3.05, 3.63) is 77.9 Å². The third kappa shape index (κ3) is 16.3. The van der Waals surface area contributed by atoms with Crippen LogP contribution in [0.1, 0.15) is 102 Å². The van der Waals surface area contributed by atoms with Crippen molar-refractivity contribution in [2.75, 3.05) is 71.5 Å². The zero-order valence-corrected chi connectivity index (χ0v) is 52.8. The Kier molecular flexibility index (Phi) is 23.4. The van der Waals surface area contributed by atoms with Gasteiger partial charge in [0.25, 0.3) is 0 Å². The number of benzene rings is 3. The second-order valence-corrected chi connectivity index (χ2v) is 26.1. The molecule has 0 aromatic heterocycles. The monoisotopic (exact) mass is 1270 g/mol. The Balaban J connectivity index is 0.909. The van der Waals surface area contributed by atoms with E-state index in [0.717, 1.165) is 71.2 Å². The largest absolute Gasteiger partial charge is 0.504 e. The predicted octanol–water partition coefficient (Wildman–Crippen LogP) is -0.245. The summed E-state index contributed by atoms with van der Waals surface area (Å²) in [5.74, 6) is -6.34. The number of hydrogen-bond donors (Lipinski definition) is 13. The van der Waals surface area contributed by atoms with Crippen LogP contribution in [-0.2, 0) is 46.5 Å². The van der Waals surface area contributed by atoms with Gasteiger partial charge in [-0.3, -0.25) is 33.7 Å². The average molecular weight is 1270 g/mol. The number of fused-ring (bicyclic) bond motifs is 2. The summed E-state index contributed by atoms with van der Waals surface area (Å²) in [4.78, 5) is 94.3. The van der Waals surface area contributed by atoms with Crippen LogP contribution in [-0.4, -0.2) is 237 Å². The van der Waals surface area contributed by atoms with Crippen LogP contribution in [0, 0.1) is 11.8 Å². The number of aromatic hydroxyl groups is 1. The first-order valence-corrected chi connectivity index (χ1v) is 32.5. The van der Waals surface area contributed by atoms with Crippen molar-refractivity contribution in [2.45, 2.75) is 188 Å². The Morgan fingerprint density at radius 2 is 1.32 bits per heavy atom. The molecule has 4 saturated heterocycles. The summed E-state index contributed by atoms with van der Waals surface area (Å²) >= 11 is 0. The number of hydrogen-bond acceptors (Lipinski definition) is 19. The lowest BCUT2D eigenvalue weighted by atomic mass is 9.68. The van der Waals surface area contributed by atoms with Crippen molar-refractivity contribution in [1.29, 1.82) is 0 Å². The zero-order valence-electron chi connectivity index (χ0n) is 52.8. The molecular formula is C66H96N10O15. The molecule has 91 heavy (non-hydrogen) atoms. The van der Waals surface area contributed by atoms with Gasteiger partial charge in [-0.25, -0.2) is 0 Å². The van der Waals surface area contributed by atoms with Gasteiger partial charge in [0.2, 0.25) is 35.4 Å². The van der Waals surface area contributed by atoms with Crippen LogP contribution >= 0.6 is 0 Å². The Morgan fingerprint density at radius 3 is 1.96 bits per heavy atom. The molecule has 14 N–H and O–H groups in total. The summed E-state index contributed by atoms with van der Waals surface area (Å²) in [5.41, 5.74) is 10.0. The maximum Gasteiger partial charge on any atom is 0.248 e. The van der Waals surface area contributed by atoms with E-state index in [-0.39, 0.29) is 62.4 Å². The number of methoxy groups -OCH3 is 2. The number of anilines is 1. The number of aliphatic hydroxyl groups excluding tert-OH is 6. The van der Waals surface area contributed by atoms with Crippen molar-refractivity contribution in [3.8, 4) is 22.6 Å². The minimum absolute atomic E-state index is 0.0201. The van der Waals surface area contributed by atoms with Crippen molar-refractivity contribution in [2.24, 2.45) is 17.6 Å². The van der Waals surface area contributed by atoms with Gasteiger partial charge in [-0.15, -0.1) is 0 Å². The van der Waals surface area contributed by atoms with Crippen LogP contribution < -0.4 is 42.0 Å². The number of carbonyl (C=O) groups is 6. The minimum atomic E-state index is -1.98. The standard InChI is InChI=1S/C66H96N10O15/c1-38-36-76-58(59(38)83)63(87)69-35-47(78)32-49(68-34-40-10-13-42(14-11-40)43-15-17-45(18-16-43)73-26-28-74(29-27-73)46-20-23-66(91-4,24-21-46)44-8-6-5-7-9-44)60(84)70-55(39(2)77)64(88)75-37-48(79)33-50(75)61(85)71-56(62(86)72-57(65(76)89)52(81)22-25-67)53(82)30-41-12-19-51(80)54(31-41)90-3/h10-19,31,38-39,44,46-50,52-53,55-59,68,77-83H,5-9,20-30,32-37,67H2,1-4H3,(H,69,87)(H,70,84)(H,71,85)(H,72,86)/t38-,39+,46?,47+,48+,49-,50-,52+,53+,55-,56-,57-,58-,59-,66?/m0/s1. The maximum absolute atomic E-state index is 14.7. The molecule has 4 heterocycles. The lowest BCUT2D eigenvalue weighted by molar-refractivity contribution is -0.147. The summed E-state index contributed by atoms with van der Waals surface area (Å²) in [6.45, 7) is 5.43. The van der Waals surface area contributed by atoms with Gasteiger partial charge < -0.3 is 92.2 Å². The molecule has 0 bridgehead atoms. The third-order valence-corrected chi connectivity index (χ3v) is 20.1. The van der Waals surface area contributed by atoms with Crippen molar-refractivity contribution < 1.29 is 74.0 Å². The molecule has 6 fully saturated rings. The summed E-state index contributed by atoms with van der Waals surface area (Å²) in [7, 11) is 3.22. The quantitative estimate of drug-likeness (QED) is 0.0880. The van der Waals surface area contributed by atoms with Crippen LogP contribution in [0.25, 0.3) is 11.1 Å². The molecule has 3 aromatic rings. The summed E-state index contributed by atoms with van der Waals surface area (Å²) in [6, 6.07) is 10.8. The van der Waals surface area contributed by atoms with E-state index < -0.39 is 127 Å². The van der Waals surface area contributed by atoms with Crippen LogP contribution in [0.2, 0.25) is 0 Å². The number of amides is 6. The molecule has 500 valence electrons. The number of phenolic OH excluding ortho intramolecular Hbond substituents is 1. The first-order valence-electron chi connectivity index (χ1n) is 32.5. The van der Waals surface area contributed by atoms with Gasteiger partial charge in [0.05, 0.1) is 55.4 Å². The number of phenols is 1. The fraction of sp³-hybridized carbons (Fsp3) is 0.636. The van der Waals surface area contributed by atoms with E-state index in [1.807, 2.05) is 31.4 Å². The number of nitrogens with one attached hydrogen (secondary N) is 5. The van der Waals surface area contributed by atoms with Gasteiger partial charge in [-0.05, 0) is 117 Å². The molecule has 3 aromatic carbocycles. The number of aliphatic hydroxyl groups is 6. The van der Waals surface area contributed by atoms with Crippen LogP contribution in [0.5, 0.6) is 11.5 Å². The highest BCUT2D eigenvalue weighted by molar-refractivity contribution is 5.98. The molecule has 9 rings (SSSR count).